The van der Waals surface area contributed by atoms with Gasteiger partial charge in [-0.3, -0.25) is 9.98 Å². The Kier molecular flexibility index (Phi) is 9.10. The van der Waals surface area contributed by atoms with Crippen LogP contribution in [0, 0.1) is 0 Å². The maximum Gasteiger partial charge on any atom is 0.194 e. The van der Waals surface area contributed by atoms with Crippen LogP contribution in [0.5, 0.6) is 0 Å². The molecule has 7 heteroatoms. The molecule has 0 aliphatic carbocycles. The third kappa shape index (κ3) is 8.55. The fourth-order valence-electron chi connectivity index (χ4n) is 2.22. The summed E-state index contributed by atoms with van der Waals surface area (Å²) in [5, 5.41) is 6.39. The Hall–Kier alpha value is -2.51. The number of hydrogen-bond acceptors (Lipinski definition) is 4. The van der Waals surface area contributed by atoms with Crippen LogP contribution in [0.1, 0.15) is 11.3 Å². The lowest BCUT2D eigenvalue weighted by molar-refractivity contribution is 0.145. The van der Waals surface area contributed by atoms with Gasteiger partial charge in [0.05, 0.1) is 19.8 Å². The monoisotopic (exact) mass is 371 g/mol. The second-order valence-corrected chi connectivity index (χ2v) is 5.98. The lowest BCUT2D eigenvalue weighted by Crippen LogP contribution is -2.44. The summed E-state index contributed by atoms with van der Waals surface area (Å²) in [6.07, 6.45) is 3.45. The average Bonchev–Trinajstić information content (AvgIpc) is 2.66. The zero-order valence-corrected chi connectivity index (χ0v) is 15.5. The van der Waals surface area contributed by atoms with E-state index in [1.54, 1.807) is 6.20 Å². The van der Waals surface area contributed by atoms with Crippen LogP contribution in [0.25, 0.3) is 0 Å². The van der Waals surface area contributed by atoms with Gasteiger partial charge in [-0.1, -0.05) is 36.4 Å². The number of benzene rings is 1. The molecule has 0 amide bonds. The van der Waals surface area contributed by atoms with E-state index in [9.17, 15) is 0 Å². The molecule has 2 rings (SSSR count). The van der Waals surface area contributed by atoms with Crippen molar-refractivity contribution in [3.05, 3.63) is 66.0 Å². The SMILES string of the molecule is NC(=NCCOCCc1ccccc1)NC(=S)NCCc1ccccn1. The van der Waals surface area contributed by atoms with Gasteiger partial charge >= 0.3 is 0 Å². The molecule has 138 valence electrons. The van der Waals surface area contributed by atoms with Gasteiger partial charge in [-0.2, -0.15) is 0 Å². The molecule has 1 aromatic heterocycles. The molecule has 0 unspecified atom stereocenters. The molecule has 0 radical (unpaired) electrons. The molecular formula is C19H25N5OS. The van der Waals surface area contributed by atoms with Gasteiger partial charge in [0.15, 0.2) is 11.1 Å². The molecule has 0 saturated carbocycles. The molecule has 26 heavy (non-hydrogen) atoms. The van der Waals surface area contributed by atoms with Crippen molar-refractivity contribution in [2.45, 2.75) is 12.8 Å². The van der Waals surface area contributed by atoms with Gasteiger partial charge in [0.1, 0.15) is 0 Å². The highest BCUT2D eigenvalue weighted by Gasteiger charge is 1.99. The number of hydrogen-bond donors (Lipinski definition) is 3. The molecule has 0 bridgehead atoms. The molecule has 1 heterocycles. The van der Waals surface area contributed by atoms with Crippen molar-refractivity contribution in [1.82, 2.24) is 15.6 Å². The van der Waals surface area contributed by atoms with Crippen LogP contribution in [0.3, 0.4) is 0 Å². The van der Waals surface area contributed by atoms with Crippen LogP contribution in [0.15, 0.2) is 59.7 Å². The number of aromatic nitrogens is 1. The van der Waals surface area contributed by atoms with E-state index >= 15 is 0 Å². The molecule has 0 aliphatic rings. The van der Waals surface area contributed by atoms with Gasteiger partial charge in [0.25, 0.3) is 0 Å². The van der Waals surface area contributed by atoms with E-state index in [1.807, 2.05) is 36.4 Å². The molecular weight excluding hydrogens is 346 g/mol. The minimum atomic E-state index is 0.284. The predicted molar refractivity (Wildman–Crippen MR) is 109 cm³/mol. The largest absolute Gasteiger partial charge is 0.379 e. The Balaban J connectivity index is 1.52. The van der Waals surface area contributed by atoms with Crippen molar-refractivity contribution in [3.63, 3.8) is 0 Å². The Morgan fingerprint density at radius 2 is 1.88 bits per heavy atom. The van der Waals surface area contributed by atoms with Gasteiger partial charge in [-0.15, -0.1) is 0 Å². The topological polar surface area (TPSA) is 84.6 Å². The van der Waals surface area contributed by atoms with Crippen molar-refractivity contribution >= 4 is 23.3 Å². The Labute approximate surface area is 159 Å². The lowest BCUT2D eigenvalue weighted by Gasteiger charge is -2.09. The summed E-state index contributed by atoms with van der Waals surface area (Å²) in [6, 6.07) is 16.1. The van der Waals surface area contributed by atoms with Gasteiger partial charge < -0.3 is 21.1 Å². The predicted octanol–water partition coefficient (Wildman–Crippen LogP) is 1.66. The molecule has 1 aromatic carbocycles. The number of nitrogens with one attached hydrogen (secondary N) is 2. The Morgan fingerprint density at radius 3 is 2.65 bits per heavy atom. The van der Waals surface area contributed by atoms with Gasteiger partial charge in [-0.25, -0.2) is 0 Å². The number of pyridine rings is 1. The Morgan fingerprint density at radius 1 is 1.08 bits per heavy atom. The van der Waals surface area contributed by atoms with Crippen LogP contribution in [-0.4, -0.2) is 42.4 Å². The third-order valence-corrected chi connectivity index (χ3v) is 3.78. The molecule has 0 atom stereocenters. The minimum Gasteiger partial charge on any atom is -0.379 e. The molecule has 4 N–H and O–H groups in total. The molecule has 6 nitrogen and oxygen atoms in total. The molecule has 2 aromatic rings. The van der Waals surface area contributed by atoms with Crippen LogP contribution in [-0.2, 0) is 17.6 Å². The number of aliphatic imine (C=N–C) groups is 1. The molecule has 0 fully saturated rings. The second-order valence-electron chi connectivity index (χ2n) is 5.57. The van der Waals surface area contributed by atoms with Crippen molar-refractivity contribution in [1.29, 1.82) is 0 Å². The first-order valence-electron chi connectivity index (χ1n) is 8.60. The number of guanidine groups is 1. The standard InChI is InChI=1S/C19H25N5OS/c20-18(22-13-15-25-14-10-16-6-2-1-3-7-16)24-19(26)23-12-9-17-8-4-5-11-21-17/h1-8,11H,9-10,12-15H2,(H4,20,22,23,24,26). The van der Waals surface area contributed by atoms with Gasteiger partial charge in [-0.05, 0) is 36.3 Å². The van der Waals surface area contributed by atoms with Crippen molar-refractivity contribution in [2.24, 2.45) is 10.7 Å². The average molecular weight is 372 g/mol. The number of thiocarbonyl (C=S) groups is 1. The maximum absolute atomic E-state index is 5.81. The summed E-state index contributed by atoms with van der Waals surface area (Å²) in [5.41, 5.74) is 8.08. The number of nitrogens with two attached hydrogens (primary N) is 1. The fourth-order valence-corrected chi connectivity index (χ4v) is 2.42. The zero-order valence-electron chi connectivity index (χ0n) is 14.7. The van der Waals surface area contributed by atoms with E-state index in [4.69, 9.17) is 22.7 Å². The molecule has 0 aliphatic heterocycles. The second kappa shape index (κ2) is 11.9. The number of rotatable bonds is 9. The lowest BCUT2D eigenvalue weighted by atomic mass is 10.2. The van der Waals surface area contributed by atoms with E-state index in [0.717, 1.165) is 18.5 Å². The van der Waals surface area contributed by atoms with Crippen molar-refractivity contribution in [3.8, 4) is 0 Å². The third-order valence-electron chi connectivity index (χ3n) is 3.53. The van der Waals surface area contributed by atoms with Crippen LogP contribution in [0.4, 0.5) is 0 Å². The minimum absolute atomic E-state index is 0.284. The van der Waals surface area contributed by atoms with Crippen molar-refractivity contribution < 1.29 is 4.74 Å². The summed E-state index contributed by atoms with van der Waals surface area (Å²) < 4.78 is 5.56. The van der Waals surface area contributed by atoms with E-state index in [1.165, 1.54) is 5.56 Å². The summed E-state index contributed by atoms with van der Waals surface area (Å²) in [6.45, 7) is 2.36. The van der Waals surface area contributed by atoms with E-state index in [2.05, 4.69) is 32.7 Å². The first kappa shape index (κ1) is 19.8. The maximum atomic E-state index is 5.81. The highest BCUT2D eigenvalue weighted by Crippen LogP contribution is 1.99. The summed E-state index contributed by atoms with van der Waals surface area (Å²) >= 11 is 5.19. The van der Waals surface area contributed by atoms with E-state index in [-0.39, 0.29) is 5.96 Å². The normalized spacial score (nSPS) is 11.2. The smallest absolute Gasteiger partial charge is 0.194 e. The van der Waals surface area contributed by atoms with Crippen LogP contribution < -0.4 is 16.4 Å². The summed E-state index contributed by atoms with van der Waals surface area (Å²) in [4.78, 5) is 8.45. The van der Waals surface area contributed by atoms with Crippen LogP contribution in [0.2, 0.25) is 0 Å². The van der Waals surface area contributed by atoms with Gasteiger partial charge in [0.2, 0.25) is 0 Å². The quantitative estimate of drug-likeness (QED) is 0.269. The fraction of sp³-hybridized carbons (Fsp3) is 0.316. The number of nitrogens with zero attached hydrogens (tertiary/aromatic N) is 2. The van der Waals surface area contributed by atoms with E-state index in [0.29, 0.717) is 31.4 Å². The molecule has 0 spiro atoms. The zero-order chi connectivity index (χ0) is 18.5. The first-order valence-corrected chi connectivity index (χ1v) is 9.01. The molecule has 0 saturated heterocycles. The van der Waals surface area contributed by atoms with E-state index < -0.39 is 0 Å². The van der Waals surface area contributed by atoms with Gasteiger partial charge in [0, 0.05) is 24.9 Å². The number of ether oxygens (including phenoxy) is 1. The highest BCUT2D eigenvalue weighted by atomic mass is 32.1. The highest BCUT2D eigenvalue weighted by molar-refractivity contribution is 7.80. The summed E-state index contributed by atoms with van der Waals surface area (Å²) in [7, 11) is 0. The van der Waals surface area contributed by atoms with Crippen LogP contribution >= 0.6 is 12.2 Å². The first-order chi connectivity index (χ1) is 12.7. The summed E-state index contributed by atoms with van der Waals surface area (Å²) in [5.74, 6) is 0.284. The Bertz CT molecular complexity index is 679. The van der Waals surface area contributed by atoms with Crippen molar-refractivity contribution in [2.75, 3.05) is 26.3 Å².